The first-order chi connectivity index (χ1) is 12.0. The van der Waals surface area contributed by atoms with Crippen LogP contribution in [0.15, 0.2) is 10.7 Å². The van der Waals surface area contributed by atoms with Crippen LogP contribution in [-0.2, 0) is 4.74 Å². The molecule has 5 rings (SSSR count). The highest BCUT2D eigenvalue weighted by Crippen LogP contribution is 2.45. The summed E-state index contributed by atoms with van der Waals surface area (Å²) in [7, 11) is 0. The van der Waals surface area contributed by atoms with E-state index in [4.69, 9.17) is 9.15 Å². The molecule has 3 fully saturated rings. The Hall–Kier alpha value is -2.15. The van der Waals surface area contributed by atoms with E-state index in [0.717, 1.165) is 38.7 Å². The van der Waals surface area contributed by atoms with Crippen LogP contribution in [0.4, 0.5) is 5.82 Å². The molecular formula is C18H22N4O3. The second-order valence-corrected chi connectivity index (χ2v) is 7.88. The van der Waals surface area contributed by atoms with Crippen LogP contribution in [0.25, 0.3) is 11.1 Å². The number of fused-ring (bicyclic) bond motifs is 1. The number of hydrogen-bond donors (Lipinski definition) is 2. The lowest BCUT2D eigenvalue weighted by atomic mass is 10.0. The average Bonchev–Trinajstić information content (AvgIpc) is 3.38. The Labute approximate surface area is 145 Å². The van der Waals surface area contributed by atoms with Crippen molar-refractivity contribution in [3.63, 3.8) is 0 Å². The number of carbonyl (C=O) groups is 1. The molecule has 3 heterocycles. The van der Waals surface area contributed by atoms with Gasteiger partial charge in [0.15, 0.2) is 0 Å². The van der Waals surface area contributed by atoms with Gasteiger partial charge in [0.05, 0.1) is 22.6 Å². The lowest BCUT2D eigenvalue weighted by Crippen LogP contribution is -2.51. The summed E-state index contributed by atoms with van der Waals surface area (Å²) in [6, 6.07) is 0. The maximum atomic E-state index is 13.1. The number of amides is 1. The highest BCUT2D eigenvalue weighted by molar-refractivity contribution is 6.10. The molecule has 0 spiro atoms. The van der Waals surface area contributed by atoms with Gasteiger partial charge in [-0.05, 0) is 46.0 Å². The molecule has 1 amide bonds. The molecule has 1 atom stereocenters. The maximum Gasteiger partial charge on any atom is 0.256 e. The Morgan fingerprint density at radius 2 is 2.04 bits per heavy atom. The molecule has 0 bridgehead atoms. The Kier molecular flexibility index (Phi) is 2.99. The van der Waals surface area contributed by atoms with Crippen molar-refractivity contribution in [2.75, 3.05) is 11.9 Å². The number of nitrogens with zero attached hydrogens (tertiary/aromatic N) is 2. The van der Waals surface area contributed by atoms with Crippen molar-refractivity contribution >= 4 is 22.8 Å². The van der Waals surface area contributed by atoms with E-state index in [-0.39, 0.29) is 23.1 Å². The van der Waals surface area contributed by atoms with E-state index in [1.807, 2.05) is 0 Å². The fraction of sp³-hybridized carbons (Fsp3) is 0.611. The molecule has 2 aromatic rings. The second kappa shape index (κ2) is 4.94. The number of hydrogen-bond acceptors (Lipinski definition) is 6. The van der Waals surface area contributed by atoms with Crippen LogP contribution >= 0.6 is 0 Å². The van der Waals surface area contributed by atoms with Crippen molar-refractivity contribution in [1.29, 1.82) is 0 Å². The normalized spacial score (nSPS) is 25.3. The monoisotopic (exact) mass is 342 g/mol. The number of aryl methyl sites for hydroxylation is 1. The Morgan fingerprint density at radius 3 is 2.64 bits per heavy atom. The fourth-order valence-electron chi connectivity index (χ4n) is 3.63. The minimum absolute atomic E-state index is 0.0533. The van der Waals surface area contributed by atoms with E-state index in [9.17, 15) is 4.79 Å². The van der Waals surface area contributed by atoms with E-state index < -0.39 is 0 Å². The van der Waals surface area contributed by atoms with Crippen LogP contribution in [0, 0.1) is 6.92 Å². The summed E-state index contributed by atoms with van der Waals surface area (Å²) in [5.74, 6) is 1.13. The number of nitrogens with one attached hydrogen (secondary N) is 2. The van der Waals surface area contributed by atoms with Crippen molar-refractivity contribution in [1.82, 2.24) is 15.3 Å². The van der Waals surface area contributed by atoms with Gasteiger partial charge in [0.25, 0.3) is 5.91 Å². The first kappa shape index (κ1) is 15.1. The highest BCUT2D eigenvalue weighted by Gasteiger charge is 2.54. The molecule has 2 aliphatic carbocycles. The quantitative estimate of drug-likeness (QED) is 0.868. The lowest BCUT2D eigenvalue weighted by Gasteiger charge is -2.34. The van der Waals surface area contributed by atoms with Gasteiger partial charge < -0.3 is 19.8 Å². The minimum atomic E-state index is -0.197. The molecule has 7 heteroatoms. The molecule has 2 aromatic heterocycles. The van der Waals surface area contributed by atoms with E-state index in [1.165, 1.54) is 6.33 Å². The SMILES string of the molecule is Cc1oc2ncnc(NC3(C)CC3)c2c1C(=O)NC1(C2CCO2)CC1. The van der Waals surface area contributed by atoms with E-state index >= 15 is 0 Å². The van der Waals surface area contributed by atoms with Gasteiger partial charge in [-0.2, -0.15) is 0 Å². The number of furan rings is 1. The number of aromatic nitrogens is 2. The zero-order chi connectivity index (χ0) is 17.2. The smallest absolute Gasteiger partial charge is 0.256 e. The minimum Gasteiger partial charge on any atom is -0.442 e. The van der Waals surface area contributed by atoms with Crippen molar-refractivity contribution < 1.29 is 13.9 Å². The van der Waals surface area contributed by atoms with Gasteiger partial charge in [-0.1, -0.05) is 0 Å². The highest BCUT2D eigenvalue weighted by atomic mass is 16.5. The zero-order valence-corrected chi connectivity index (χ0v) is 14.5. The predicted octanol–water partition coefficient (Wildman–Crippen LogP) is 2.55. The van der Waals surface area contributed by atoms with Crippen LogP contribution < -0.4 is 10.6 Å². The third-order valence-corrected chi connectivity index (χ3v) is 5.78. The summed E-state index contributed by atoms with van der Waals surface area (Å²) >= 11 is 0. The van der Waals surface area contributed by atoms with Crippen molar-refractivity contribution in [3.05, 3.63) is 17.7 Å². The summed E-state index contributed by atoms with van der Waals surface area (Å²) in [5, 5.41) is 7.33. The molecule has 25 heavy (non-hydrogen) atoms. The standard InChI is InChI=1S/C18H22N4O3/c1-10-12(15(23)22-18(6-7-18)11-3-8-24-11)13-14(21-17(2)4-5-17)19-9-20-16(13)25-10/h9,11H,3-8H2,1-2H3,(H,22,23)(H,19,20,21). The topological polar surface area (TPSA) is 89.3 Å². The largest absolute Gasteiger partial charge is 0.442 e. The summed E-state index contributed by atoms with van der Waals surface area (Å²) in [6.07, 6.45) is 6.77. The van der Waals surface area contributed by atoms with E-state index in [2.05, 4.69) is 27.5 Å². The molecule has 0 radical (unpaired) electrons. The average molecular weight is 342 g/mol. The Bertz CT molecular complexity index is 863. The van der Waals surface area contributed by atoms with Gasteiger partial charge in [-0.15, -0.1) is 0 Å². The third kappa shape index (κ3) is 2.40. The Balaban J connectivity index is 1.51. The van der Waals surface area contributed by atoms with Gasteiger partial charge >= 0.3 is 0 Å². The first-order valence-corrected chi connectivity index (χ1v) is 8.96. The van der Waals surface area contributed by atoms with Crippen molar-refractivity contribution in [3.8, 4) is 0 Å². The maximum absolute atomic E-state index is 13.1. The molecule has 3 aliphatic rings. The molecule has 0 aromatic carbocycles. The molecule has 132 valence electrons. The first-order valence-electron chi connectivity index (χ1n) is 8.96. The molecule has 1 aliphatic heterocycles. The van der Waals surface area contributed by atoms with Crippen LogP contribution in [0.1, 0.15) is 55.1 Å². The molecule has 7 nitrogen and oxygen atoms in total. The Morgan fingerprint density at radius 1 is 1.28 bits per heavy atom. The third-order valence-electron chi connectivity index (χ3n) is 5.78. The number of rotatable bonds is 5. The summed E-state index contributed by atoms with van der Waals surface area (Å²) in [4.78, 5) is 21.6. The van der Waals surface area contributed by atoms with Gasteiger partial charge in [-0.3, -0.25) is 4.79 Å². The predicted molar refractivity (Wildman–Crippen MR) is 91.6 cm³/mol. The van der Waals surface area contributed by atoms with E-state index in [1.54, 1.807) is 6.92 Å². The summed E-state index contributed by atoms with van der Waals surface area (Å²) < 4.78 is 11.4. The van der Waals surface area contributed by atoms with Gasteiger partial charge in [0.2, 0.25) is 5.71 Å². The number of anilines is 1. The lowest BCUT2D eigenvalue weighted by molar-refractivity contribution is -0.0766. The second-order valence-electron chi connectivity index (χ2n) is 7.88. The van der Waals surface area contributed by atoms with Crippen LogP contribution in [0.2, 0.25) is 0 Å². The summed E-state index contributed by atoms with van der Waals surface area (Å²) in [5.41, 5.74) is 0.844. The van der Waals surface area contributed by atoms with Crippen molar-refractivity contribution in [2.45, 2.75) is 63.1 Å². The summed E-state index contributed by atoms with van der Waals surface area (Å²) in [6.45, 7) is 4.75. The molecule has 1 unspecified atom stereocenters. The van der Waals surface area contributed by atoms with Gasteiger partial charge in [0.1, 0.15) is 17.9 Å². The fourth-order valence-corrected chi connectivity index (χ4v) is 3.63. The molecular weight excluding hydrogens is 320 g/mol. The van der Waals surface area contributed by atoms with Gasteiger partial charge in [0, 0.05) is 12.1 Å². The van der Waals surface area contributed by atoms with Crippen molar-refractivity contribution in [2.24, 2.45) is 0 Å². The van der Waals surface area contributed by atoms with Gasteiger partial charge in [-0.25, -0.2) is 9.97 Å². The van der Waals surface area contributed by atoms with Crippen LogP contribution in [-0.4, -0.2) is 39.7 Å². The molecule has 1 saturated heterocycles. The number of carbonyl (C=O) groups excluding carboxylic acids is 1. The van der Waals surface area contributed by atoms with Crippen LogP contribution in [0.5, 0.6) is 0 Å². The molecule has 2 N–H and O–H groups in total. The molecule has 2 saturated carbocycles. The number of ether oxygens (including phenoxy) is 1. The van der Waals surface area contributed by atoms with E-state index in [0.29, 0.717) is 28.2 Å². The van der Waals surface area contributed by atoms with Crippen LogP contribution in [0.3, 0.4) is 0 Å². The zero-order valence-electron chi connectivity index (χ0n) is 14.5.